The Balaban J connectivity index is 1.59. The first-order chi connectivity index (χ1) is 14.3. The van der Waals surface area contributed by atoms with Crippen molar-refractivity contribution in [1.82, 2.24) is 14.8 Å². The summed E-state index contributed by atoms with van der Waals surface area (Å²) in [4.78, 5) is 12.3. The van der Waals surface area contributed by atoms with E-state index < -0.39 is 0 Å². The van der Waals surface area contributed by atoms with Gasteiger partial charge < -0.3 is 14.6 Å². The number of benzene rings is 2. The first-order valence-electron chi connectivity index (χ1n) is 9.96. The lowest BCUT2D eigenvalue weighted by atomic mass is 10.1. The highest BCUT2D eigenvalue weighted by Crippen LogP contribution is 2.25. The van der Waals surface area contributed by atoms with E-state index in [1.54, 1.807) is 0 Å². The van der Waals surface area contributed by atoms with Gasteiger partial charge in [-0.05, 0) is 67.3 Å². The fourth-order valence-corrected chi connectivity index (χ4v) is 3.51. The minimum Gasteiger partial charge on any atom is -0.493 e. The zero-order chi connectivity index (χ0) is 21.7. The molecule has 0 saturated carbocycles. The number of nitrogens with zero attached hydrogens (tertiary/aromatic N) is 3. The van der Waals surface area contributed by atoms with Gasteiger partial charge in [-0.25, -0.2) is 0 Å². The van der Waals surface area contributed by atoms with Crippen molar-refractivity contribution in [3.05, 3.63) is 53.6 Å². The quantitative estimate of drug-likeness (QED) is 0.523. The molecular weight excluding hydrogens is 396 g/mol. The summed E-state index contributed by atoms with van der Waals surface area (Å²) in [6.07, 6.45) is 0. The summed E-state index contributed by atoms with van der Waals surface area (Å²) >= 11 is 1.36. The summed E-state index contributed by atoms with van der Waals surface area (Å²) in [7, 11) is 1.90. The molecule has 0 atom stereocenters. The lowest BCUT2D eigenvalue weighted by molar-refractivity contribution is -0.113. The summed E-state index contributed by atoms with van der Waals surface area (Å²) in [6, 6.07) is 13.7. The van der Waals surface area contributed by atoms with Crippen LogP contribution in [0.4, 0.5) is 5.69 Å². The van der Waals surface area contributed by atoms with E-state index in [2.05, 4.69) is 36.3 Å². The van der Waals surface area contributed by atoms with Crippen molar-refractivity contribution < 1.29 is 9.53 Å². The van der Waals surface area contributed by atoms with E-state index in [0.29, 0.717) is 17.7 Å². The van der Waals surface area contributed by atoms with Crippen LogP contribution < -0.4 is 10.1 Å². The SMILES string of the molecule is Cc1ccc(NC(=O)CSc2nnc(-c3ccc(OCC(C)C)cc3)n2C)cc1C. The Bertz CT molecular complexity index is 1010. The topological polar surface area (TPSA) is 69.0 Å². The van der Waals surface area contributed by atoms with Gasteiger partial charge in [0.2, 0.25) is 5.91 Å². The van der Waals surface area contributed by atoms with Crippen molar-refractivity contribution in [2.45, 2.75) is 32.9 Å². The van der Waals surface area contributed by atoms with Crippen LogP contribution in [0.1, 0.15) is 25.0 Å². The molecular formula is C23H28N4O2S. The Morgan fingerprint density at radius 1 is 1.10 bits per heavy atom. The standard InChI is InChI=1S/C23H28N4O2S/c1-15(2)13-29-20-10-7-18(8-11-20)22-25-26-23(27(22)5)30-14-21(28)24-19-9-6-16(3)17(4)12-19/h6-12,15H,13-14H2,1-5H3,(H,24,28). The molecule has 158 valence electrons. The van der Waals surface area contributed by atoms with Crippen LogP contribution >= 0.6 is 11.8 Å². The Hall–Kier alpha value is -2.80. The lowest BCUT2D eigenvalue weighted by Gasteiger charge is -2.09. The number of carbonyl (C=O) groups is 1. The van der Waals surface area contributed by atoms with Gasteiger partial charge in [-0.2, -0.15) is 0 Å². The van der Waals surface area contributed by atoms with E-state index in [-0.39, 0.29) is 11.7 Å². The van der Waals surface area contributed by atoms with Gasteiger partial charge in [0, 0.05) is 18.3 Å². The van der Waals surface area contributed by atoms with E-state index in [1.807, 2.05) is 61.0 Å². The summed E-state index contributed by atoms with van der Waals surface area (Å²) in [6.45, 7) is 9.01. The van der Waals surface area contributed by atoms with Crippen LogP contribution in [0, 0.1) is 19.8 Å². The predicted octanol–water partition coefficient (Wildman–Crippen LogP) is 4.86. The molecule has 0 aliphatic rings. The molecule has 0 aliphatic carbocycles. The number of amides is 1. The maximum Gasteiger partial charge on any atom is 0.234 e. The normalized spacial score (nSPS) is 11.0. The third-order valence-electron chi connectivity index (χ3n) is 4.65. The molecule has 1 amide bonds. The molecule has 0 spiro atoms. The van der Waals surface area contributed by atoms with Crippen LogP contribution in [0.5, 0.6) is 5.75 Å². The Morgan fingerprint density at radius 2 is 1.83 bits per heavy atom. The average Bonchev–Trinajstić information content (AvgIpc) is 3.08. The van der Waals surface area contributed by atoms with Gasteiger partial charge in [-0.1, -0.05) is 31.7 Å². The number of rotatable bonds is 8. The molecule has 0 fully saturated rings. The molecule has 7 heteroatoms. The zero-order valence-electron chi connectivity index (χ0n) is 18.1. The number of nitrogens with one attached hydrogen (secondary N) is 1. The number of thioether (sulfide) groups is 1. The van der Waals surface area contributed by atoms with Crippen LogP contribution in [-0.2, 0) is 11.8 Å². The molecule has 2 aromatic carbocycles. The third-order valence-corrected chi connectivity index (χ3v) is 5.67. The fraction of sp³-hybridized carbons (Fsp3) is 0.348. The minimum absolute atomic E-state index is 0.0699. The number of anilines is 1. The van der Waals surface area contributed by atoms with Gasteiger partial charge in [0.15, 0.2) is 11.0 Å². The molecule has 0 unspecified atom stereocenters. The Kier molecular flexibility index (Phi) is 7.15. The molecule has 6 nitrogen and oxygen atoms in total. The number of hydrogen-bond acceptors (Lipinski definition) is 5. The van der Waals surface area contributed by atoms with Crippen LogP contribution in [0.15, 0.2) is 47.6 Å². The molecule has 0 aliphatic heterocycles. The van der Waals surface area contributed by atoms with E-state index in [9.17, 15) is 4.79 Å². The van der Waals surface area contributed by atoms with Crippen LogP contribution in [0.25, 0.3) is 11.4 Å². The molecule has 1 heterocycles. The molecule has 3 rings (SSSR count). The van der Waals surface area contributed by atoms with E-state index in [0.717, 1.165) is 28.4 Å². The maximum absolute atomic E-state index is 12.3. The van der Waals surface area contributed by atoms with Crippen molar-refractivity contribution in [1.29, 1.82) is 0 Å². The van der Waals surface area contributed by atoms with Gasteiger partial charge in [-0.3, -0.25) is 4.79 Å². The summed E-state index contributed by atoms with van der Waals surface area (Å²) in [5.74, 6) is 2.27. The second-order valence-corrected chi connectivity index (χ2v) is 8.67. The van der Waals surface area contributed by atoms with Crippen LogP contribution in [0.2, 0.25) is 0 Å². The minimum atomic E-state index is -0.0699. The summed E-state index contributed by atoms with van der Waals surface area (Å²) < 4.78 is 7.63. The second-order valence-electron chi connectivity index (χ2n) is 7.73. The molecule has 0 saturated heterocycles. The number of ether oxygens (including phenoxy) is 1. The molecule has 30 heavy (non-hydrogen) atoms. The second kappa shape index (κ2) is 9.80. The highest BCUT2D eigenvalue weighted by Gasteiger charge is 2.13. The van der Waals surface area contributed by atoms with E-state index in [4.69, 9.17) is 4.74 Å². The number of aryl methyl sites for hydroxylation is 2. The monoisotopic (exact) mass is 424 g/mol. The molecule has 0 radical (unpaired) electrons. The van der Waals surface area contributed by atoms with Crippen molar-refractivity contribution in [3.8, 4) is 17.1 Å². The smallest absolute Gasteiger partial charge is 0.234 e. The molecule has 3 aromatic rings. The first-order valence-corrected chi connectivity index (χ1v) is 10.9. The first kappa shape index (κ1) is 21.9. The zero-order valence-corrected chi connectivity index (χ0v) is 18.9. The van der Waals surface area contributed by atoms with Crippen LogP contribution in [-0.4, -0.2) is 33.0 Å². The highest BCUT2D eigenvalue weighted by atomic mass is 32.2. The number of carbonyl (C=O) groups excluding carboxylic acids is 1. The third kappa shape index (κ3) is 5.63. The van der Waals surface area contributed by atoms with Gasteiger partial charge in [0.05, 0.1) is 12.4 Å². The summed E-state index contributed by atoms with van der Waals surface area (Å²) in [5.41, 5.74) is 4.11. The fourth-order valence-electron chi connectivity index (χ4n) is 2.80. The predicted molar refractivity (Wildman–Crippen MR) is 122 cm³/mol. The summed E-state index contributed by atoms with van der Waals surface area (Å²) in [5, 5.41) is 12.2. The van der Waals surface area contributed by atoms with Crippen LogP contribution in [0.3, 0.4) is 0 Å². The van der Waals surface area contributed by atoms with Gasteiger partial charge >= 0.3 is 0 Å². The highest BCUT2D eigenvalue weighted by molar-refractivity contribution is 7.99. The lowest BCUT2D eigenvalue weighted by Crippen LogP contribution is -2.14. The number of aromatic nitrogens is 3. The maximum atomic E-state index is 12.3. The van der Waals surface area contributed by atoms with Crippen molar-refractivity contribution in [3.63, 3.8) is 0 Å². The Labute approximate surface area is 182 Å². The van der Waals surface area contributed by atoms with Crippen molar-refractivity contribution in [2.24, 2.45) is 13.0 Å². The molecule has 1 N–H and O–H groups in total. The van der Waals surface area contributed by atoms with Gasteiger partial charge in [-0.15, -0.1) is 10.2 Å². The number of hydrogen-bond donors (Lipinski definition) is 1. The van der Waals surface area contributed by atoms with Gasteiger partial charge in [0.1, 0.15) is 5.75 Å². The molecule has 0 bridgehead atoms. The largest absolute Gasteiger partial charge is 0.493 e. The molecule has 1 aromatic heterocycles. The van der Waals surface area contributed by atoms with E-state index in [1.165, 1.54) is 17.3 Å². The van der Waals surface area contributed by atoms with E-state index >= 15 is 0 Å². The van der Waals surface area contributed by atoms with Crippen molar-refractivity contribution in [2.75, 3.05) is 17.7 Å². The van der Waals surface area contributed by atoms with Crippen molar-refractivity contribution >= 4 is 23.4 Å². The van der Waals surface area contributed by atoms with Gasteiger partial charge in [0.25, 0.3) is 0 Å². The average molecular weight is 425 g/mol. The Morgan fingerprint density at radius 3 is 2.50 bits per heavy atom.